The Morgan fingerprint density at radius 1 is 1.22 bits per heavy atom. The van der Waals surface area contributed by atoms with Crippen LogP contribution in [0.2, 0.25) is 0 Å². The van der Waals surface area contributed by atoms with Gasteiger partial charge in [0.05, 0.1) is 24.0 Å². The van der Waals surface area contributed by atoms with Gasteiger partial charge in [0.1, 0.15) is 5.75 Å². The first kappa shape index (κ1) is 19.4. The highest BCUT2D eigenvalue weighted by molar-refractivity contribution is 7.89. The number of sulfonamides is 1. The first-order valence-corrected chi connectivity index (χ1v) is 10.4. The summed E-state index contributed by atoms with van der Waals surface area (Å²) in [5, 5.41) is 0. The molecule has 0 bridgehead atoms. The number of hydrogen-bond donors (Lipinski definition) is 1. The van der Waals surface area contributed by atoms with Gasteiger partial charge in [-0.15, -0.1) is 0 Å². The number of nitrogens with one attached hydrogen (secondary N) is 1. The summed E-state index contributed by atoms with van der Waals surface area (Å²) < 4.78 is 38.4. The van der Waals surface area contributed by atoms with E-state index in [4.69, 9.17) is 9.47 Å². The lowest BCUT2D eigenvalue weighted by Crippen LogP contribution is -2.35. The second-order valence-electron chi connectivity index (χ2n) is 6.36. The van der Waals surface area contributed by atoms with Gasteiger partial charge in [0, 0.05) is 13.0 Å². The maximum atomic E-state index is 12.7. The van der Waals surface area contributed by atoms with Crippen LogP contribution in [0.15, 0.2) is 53.4 Å². The van der Waals surface area contributed by atoms with E-state index in [1.165, 1.54) is 6.07 Å². The van der Waals surface area contributed by atoms with Crippen molar-refractivity contribution in [1.29, 1.82) is 0 Å². The fourth-order valence-corrected chi connectivity index (χ4v) is 4.15. The Bertz CT molecular complexity index is 896. The summed E-state index contributed by atoms with van der Waals surface area (Å²) in [5.41, 5.74) is 1.83. The Morgan fingerprint density at radius 2 is 2.00 bits per heavy atom. The van der Waals surface area contributed by atoms with E-state index < -0.39 is 21.9 Å². The van der Waals surface area contributed by atoms with Crippen molar-refractivity contribution in [2.24, 2.45) is 5.92 Å². The monoisotopic (exact) mass is 389 g/mol. The predicted molar refractivity (Wildman–Crippen MR) is 101 cm³/mol. The van der Waals surface area contributed by atoms with Gasteiger partial charge in [-0.05, 0) is 42.7 Å². The molecule has 144 valence electrons. The van der Waals surface area contributed by atoms with Crippen molar-refractivity contribution in [3.63, 3.8) is 0 Å². The zero-order valence-corrected chi connectivity index (χ0v) is 16.0. The number of carbonyl (C=O) groups is 1. The van der Waals surface area contributed by atoms with Crippen molar-refractivity contribution in [1.82, 2.24) is 4.72 Å². The van der Waals surface area contributed by atoms with Gasteiger partial charge in [-0.1, -0.05) is 30.3 Å². The third-order valence-corrected chi connectivity index (χ3v) is 5.86. The first-order chi connectivity index (χ1) is 13.0. The van der Waals surface area contributed by atoms with Crippen LogP contribution in [0.4, 0.5) is 0 Å². The van der Waals surface area contributed by atoms with E-state index in [9.17, 15) is 13.2 Å². The van der Waals surface area contributed by atoms with E-state index in [1.54, 1.807) is 19.1 Å². The van der Waals surface area contributed by atoms with Gasteiger partial charge >= 0.3 is 5.97 Å². The Labute approximate surface area is 159 Å². The fourth-order valence-electron chi connectivity index (χ4n) is 3.02. The molecule has 0 saturated heterocycles. The van der Waals surface area contributed by atoms with Gasteiger partial charge in [-0.2, -0.15) is 0 Å². The summed E-state index contributed by atoms with van der Waals surface area (Å²) >= 11 is 0. The van der Waals surface area contributed by atoms with Gasteiger partial charge in [-0.25, -0.2) is 13.1 Å². The molecule has 6 nitrogen and oxygen atoms in total. The second-order valence-corrected chi connectivity index (χ2v) is 8.13. The standard InChI is InChI=1S/C20H23NO5S/c1-2-25-20(22)17(12-15-6-4-3-5-7-15)14-21-27(23,24)18-8-9-19-16(13-18)10-11-26-19/h3-9,13,17,21H,2,10-12,14H2,1H3. The zero-order valence-electron chi connectivity index (χ0n) is 15.2. The SMILES string of the molecule is CCOC(=O)C(CNS(=O)(=O)c1ccc2c(c1)CCO2)Cc1ccccc1. The van der Waals surface area contributed by atoms with Crippen molar-refractivity contribution in [2.75, 3.05) is 19.8 Å². The molecule has 1 aliphatic rings. The minimum absolute atomic E-state index is 0.0242. The molecule has 1 atom stereocenters. The molecule has 3 rings (SSSR count). The number of carbonyl (C=O) groups excluding carboxylic acids is 1. The quantitative estimate of drug-likeness (QED) is 0.701. The van der Waals surface area contributed by atoms with E-state index in [0.717, 1.165) is 16.9 Å². The largest absolute Gasteiger partial charge is 0.493 e. The number of benzene rings is 2. The van der Waals surface area contributed by atoms with Crippen LogP contribution in [-0.4, -0.2) is 34.1 Å². The van der Waals surface area contributed by atoms with Gasteiger partial charge in [0.15, 0.2) is 0 Å². The minimum atomic E-state index is -3.73. The Hall–Kier alpha value is -2.38. The predicted octanol–water partition coefficient (Wildman–Crippen LogP) is 2.32. The van der Waals surface area contributed by atoms with Crippen LogP contribution in [0, 0.1) is 5.92 Å². The van der Waals surface area contributed by atoms with Crippen molar-refractivity contribution in [3.05, 3.63) is 59.7 Å². The summed E-state index contributed by atoms with van der Waals surface area (Å²) in [6, 6.07) is 14.3. The third-order valence-electron chi connectivity index (χ3n) is 4.44. The Kier molecular flexibility index (Phi) is 6.13. The average molecular weight is 389 g/mol. The van der Waals surface area contributed by atoms with Crippen LogP contribution in [0.5, 0.6) is 5.75 Å². The third kappa shape index (κ3) is 4.87. The van der Waals surface area contributed by atoms with E-state index >= 15 is 0 Å². The lowest BCUT2D eigenvalue weighted by Gasteiger charge is -2.17. The number of hydrogen-bond acceptors (Lipinski definition) is 5. The van der Waals surface area contributed by atoms with Crippen LogP contribution in [0.1, 0.15) is 18.1 Å². The van der Waals surface area contributed by atoms with E-state index in [0.29, 0.717) is 19.4 Å². The Morgan fingerprint density at radius 3 is 2.74 bits per heavy atom. The van der Waals surface area contributed by atoms with Crippen LogP contribution < -0.4 is 9.46 Å². The molecule has 0 aromatic heterocycles. The molecule has 0 fully saturated rings. The molecule has 2 aromatic rings. The summed E-state index contributed by atoms with van der Waals surface area (Å²) in [7, 11) is -3.73. The number of esters is 1. The molecule has 0 radical (unpaired) electrons. The normalized spacial score (nSPS) is 14.3. The molecule has 0 aliphatic carbocycles. The molecule has 1 aliphatic heterocycles. The van der Waals surface area contributed by atoms with Crippen LogP contribution >= 0.6 is 0 Å². The minimum Gasteiger partial charge on any atom is -0.493 e. The highest BCUT2D eigenvalue weighted by Crippen LogP contribution is 2.27. The van der Waals surface area contributed by atoms with Gasteiger partial charge in [0.25, 0.3) is 0 Å². The smallest absolute Gasteiger partial charge is 0.310 e. The lowest BCUT2D eigenvalue weighted by atomic mass is 10.00. The van der Waals surface area contributed by atoms with E-state index in [2.05, 4.69) is 4.72 Å². The number of rotatable bonds is 8. The van der Waals surface area contributed by atoms with Crippen LogP contribution in [0.25, 0.3) is 0 Å². The summed E-state index contributed by atoms with van der Waals surface area (Å²) in [6.07, 6.45) is 1.10. The van der Waals surface area contributed by atoms with Crippen molar-refractivity contribution in [3.8, 4) is 5.75 Å². The van der Waals surface area contributed by atoms with E-state index in [1.807, 2.05) is 30.3 Å². The first-order valence-electron chi connectivity index (χ1n) is 8.95. The summed E-state index contributed by atoms with van der Waals surface area (Å²) in [6.45, 7) is 2.52. The molecule has 1 unspecified atom stereocenters. The van der Waals surface area contributed by atoms with Gasteiger partial charge in [0.2, 0.25) is 10.0 Å². The van der Waals surface area contributed by atoms with Crippen molar-refractivity contribution in [2.45, 2.75) is 24.7 Å². The van der Waals surface area contributed by atoms with Crippen molar-refractivity contribution < 1.29 is 22.7 Å². The molecule has 27 heavy (non-hydrogen) atoms. The van der Waals surface area contributed by atoms with Crippen LogP contribution in [0.3, 0.4) is 0 Å². The molecule has 7 heteroatoms. The molecule has 0 spiro atoms. The fraction of sp³-hybridized carbons (Fsp3) is 0.350. The molecular formula is C20H23NO5S. The van der Waals surface area contributed by atoms with Crippen LogP contribution in [-0.2, 0) is 32.4 Å². The Balaban J connectivity index is 1.72. The number of ether oxygens (including phenoxy) is 2. The molecule has 0 amide bonds. The average Bonchev–Trinajstić information content (AvgIpc) is 3.14. The summed E-state index contributed by atoms with van der Waals surface area (Å²) in [4.78, 5) is 12.5. The van der Waals surface area contributed by atoms with Gasteiger partial charge < -0.3 is 9.47 Å². The second kappa shape index (κ2) is 8.54. The molecule has 1 N–H and O–H groups in total. The zero-order chi connectivity index (χ0) is 19.3. The van der Waals surface area contributed by atoms with E-state index in [-0.39, 0.29) is 18.0 Å². The summed E-state index contributed by atoms with van der Waals surface area (Å²) in [5.74, 6) is -0.284. The molecule has 1 heterocycles. The highest BCUT2D eigenvalue weighted by atomic mass is 32.2. The molecule has 2 aromatic carbocycles. The highest BCUT2D eigenvalue weighted by Gasteiger charge is 2.25. The van der Waals surface area contributed by atoms with Gasteiger partial charge in [-0.3, -0.25) is 4.79 Å². The maximum absolute atomic E-state index is 12.7. The lowest BCUT2D eigenvalue weighted by molar-refractivity contribution is -0.147. The molecular weight excluding hydrogens is 366 g/mol. The number of fused-ring (bicyclic) bond motifs is 1. The topological polar surface area (TPSA) is 81.7 Å². The molecule has 0 saturated carbocycles. The maximum Gasteiger partial charge on any atom is 0.310 e. The van der Waals surface area contributed by atoms with Crippen molar-refractivity contribution >= 4 is 16.0 Å².